The van der Waals surface area contributed by atoms with Crippen LogP contribution in [0.4, 0.5) is 0 Å². The normalized spacial score (nSPS) is 20.6. The fourth-order valence-electron chi connectivity index (χ4n) is 6.23. The average Bonchev–Trinajstić information content (AvgIpc) is 3.38. The number of hydrogen-bond donors (Lipinski definition) is 2. The summed E-state index contributed by atoms with van der Waals surface area (Å²) in [5.74, 6) is -1.75. The third-order valence-electron chi connectivity index (χ3n) is 9.38. The van der Waals surface area contributed by atoms with Crippen LogP contribution in [0.15, 0.2) is 21.9 Å². The summed E-state index contributed by atoms with van der Waals surface area (Å²) in [6.07, 6.45) is 19.3. The molecule has 10 nitrogen and oxygen atoms in total. The van der Waals surface area contributed by atoms with Gasteiger partial charge in [0.25, 0.3) is 5.56 Å². The third-order valence-corrected chi connectivity index (χ3v) is 9.38. The highest BCUT2D eigenvalue weighted by atomic mass is 16.6. The second-order valence-electron chi connectivity index (χ2n) is 13.6. The van der Waals surface area contributed by atoms with Gasteiger partial charge in [-0.05, 0) is 12.8 Å². The first kappa shape index (κ1) is 40.7. The van der Waals surface area contributed by atoms with Gasteiger partial charge in [0.2, 0.25) is 0 Å². The van der Waals surface area contributed by atoms with E-state index < -0.39 is 66.2 Å². The Kier molecular flexibility index (Phi) is 20.6. The summed E-state index contributed by atoms with van der Waals surface area (Å²) in [6, 6.07) is 1.16. The fraction of sp³-hybridized carbons (Fsp3) is 0.838. The molecule has 0 bridgehead atoms. The summed E-state index contributed by atoms with van der Waals surface area (Å²) in [5.41, 5.74) is -1.34. The predicted molar refractivity (Wildman–Crippen MR) is 184 cm³/mol. The number of H-pyrrole nitrogens is 1. The molecule has 0 aliphatic carbocycles. The Morgan fingerprint density at radius 1 is 0.745 bits per heavy atom. The molecule has 0 saturated carbocycles. The summed E-state index contributed by atoms with van der Waals surface area (Å²) in [5, 5.41) is 10.2. The number of nitrogens with zero attached hydrogens (tertiary/aromatic N) is 1. The van der Waals surface area contributed by atoms with E-state index >= 15 is 0 Å². The lowest BCUT2D eigenvalue weighted by molar-refractivity contribution is -0.173. The molecule has 47 heavy (non-hydrogen) atoms. The monoisotopic (exact) mass is 664 g/mol. The van der Waals surface area contributed by atoms with Crippen molar-refractivity contribution < 1.29 is 28.9 Å². The van der Waals surface area contributed by atoms with Crippen molar-refractivity contribution in [2.24, 2.45) is 11.8 Å². The maximum Gasteiger partial charge on any atom is 0.330 e. The van der Waals surface area contributed by atoms with Crippen LogP contribution in [-0.2, 0) is 23.8 Å². The average molecular weight is 665 g/mol. The topological polar surface area (TPSA) is 137 Å². The van der Waals surface area contributed by atoms with Crippen LogP contribution < -0.4 is 11.2 Å². The second-order valence-corrected chi connectivity index (χ2v) is 13.6. The van der Waals surface area contributed by atoms with Gasteiger partial charge in [-0.1, -0.05) is 143 Å². The number of rotatable bonds is 26. The lowest BCUT2D eigenvalue weighted by Gasteiger charge is -2.26. The molecule has 0 spiro atoms. The minimum absolute atomic E-state index is 0.393. The number of aromatic nitrogens is 2. The zero-order valence-electron chi connectivity index (χ0n) is 29.7. The molecule has 3 unspecified atom stereocenters. The molecule has 1 aliphatic rings. The Hall–Kier alpha value is -2.46. The Labute approximate surface area is 282 Å². The molecule has 1 aliphatic heterocycles. The van der Waals surface area contributed by atoms with E-state index in [0.29, 0.717) is 12.8 Å². The van der Waals surface area contributed by atoms with Crippen LogP contribution in [0.1, 0.15) is 162 Å². The number of carbonyl (C=O) groups is 2. The van der Waals surface area contributed by atoms with Crippen molar-refractivity contribution in [1.29, 1.82) is 0 Å². The van der Waals surface area contributed by atoms with E-state index in [0.717, 1.165) is 49.2 Å². The van der Waals surface area contributed by atoms with E-state index in [2.05, 4.69) is 18.8 Å². The number of aliphatic hydroxyl groups excluding tert-OH is 1. The maximum absolute atomic E-state index is 13.3. The van der Waals surface area contributed by atoms with Gasteiger partial charge in [0.15, 0.2) is 18.4 Å². The molecular formula is C37H64N2O8. The van der Waals surface area contributed by atoms with Gasteiger partial charge in [0.1, 0.15) is 6.10 Å². The van der Waals surface area contributed by atoms with E-state index in [-0.39, 0.29) is 0 Å². The number of unbranched alkanes of at least 4 members (excludes halogenated alkanes) is 16. The van der Waals surface area contributed by atoms with Crippen LogP contribution in [0, 0.1) is 11.8 Å². The maximum atomic E-state index is 13.3. The molecule has 1 saturated heterocycles. The van der Waals surface area contributed by atoms with Crippen LogP contribution in [0.3, 0.4) is 0 Å². The fourth-order valence-corrected chi connectivity index (χ4v) is 6.23. The highest BCUT2D eigenvalue weighted by molar-refractivity contribution is 5.73. The number of esters is 2. The van der Waals surface area contributed by atoms with Gasteiger partial charge >= 0.3 is 17.6 Å². The molecule has 1 aromatic heterocycles. The second kappa shape index (κ2) is 23.8. The molecule has 1 fully saturated rings. The number of aliphatic hydroxyl groups is 1. The largest absolute Gasteiger partial charge is 0.455 e. The zero-order valence-corrected chi connectivity index (χ0v) is 29.7. The highest BCUT2D eigenvalue weighted by Gasteiger charge is 2.51. The lowest BCUT2D eigenvalue weighted by atomic mass is 10.0. The van der Waals surface area contributed by atoms with Crippen molar-refractivity contribution in [3.05, 3.63) is 33.1 Å². The zero-order chi connectivity index (χ0) is 34.4. The van der Waals surface area contributed by atoms with Gasteiger partial charge in [-0.25, -0.2) is 4.79 Å². The summed E-state index contributed by atoms with van der Waals surface area (Å²) in [7, 11) is 0. The van der Waals surface area contributed by atoms with Gasteiger partial charge in [0.05, 0.1) is 18.4 Å². The first-order valence-electron chi connectivity index (χ1n) is 18.7. The first-order valence-corrected chi connectivity index (χ1v) is 18.7. The van der Waals surface area contributed by atoms with Crippen molar-refractivity contribution in [2.45, 2.75) is 181 Å². The number of ether oxygens (including phenoxy) is 3. The van der Waals surface area contributed by atoms with E-state index in [4.69, 9.17) is 14.2 Å². The molecule has 270 valence electrons. The quantitative estimate of drug-likeness (QED) is 0.0774. The molecule has 10 heteroatoms. The summed E-state index contributed by atoms with van der Waals surface area (Å²) >= 11 is 0. The highest BCUT2D eigenvalue weighted by Crippen LogP contribution is 2.34. The van der Waals surface area contributed by atoms with Crippen molar-refractivity contribution in [3.63, 3.8) is 0 Å². The van der Waals surface area contributed by atoms with E-state index in [9.17, 15) is 24.3 Å². The van der Waals surface area contributed by atoms with Crippen molar-refractivity contribution >= 4 is 11.9 Å². The molecule has 0 amide bonds. The molecular weight excluding hydrogens is 600 g/mol. The molecule has 6 atom stereocenters. The first-order chi connectivity index (χ1) is 22.7. The van der Waals surface area contributed by atoms with E-state index in [1.165, 1.54) is 83.2 Å². The van der Waals surface area contributed by atoms with E-state index in [1.807, 2.05) is 13.8 Å². The van der Waals surface area contributed by atoms with Gasteiger partial charge in [-0.2, -0.15) is 0 Å². The van der Waals surface area contributed by atoms with Crippen LogP contribution in [0.25, 0.3) is 0 Å². The minimum Gasteiger partial charge on any atom is -0.455 e. The molecule has 2 rings (SSSR count). The molecule has 2 N–H and O–H groups in total. The lowest BCUT2D eigenvalue weighted by Crippen LogP contribution is -2.43. The third kappa shape index (κ3) is 15.1. The van der Waals surface area contributed by atoms with Gasteiger partial charge in [0, 0.05) is 12.3 Å². The number of carbonyl (C=O) groups excluding carboxylic acids is 2. The molecule has 0 aromatic carbocycles. The van der Waals surface area contributed by atoms with E-state index in [1.54, 1.807) is 0 Å². The Morgan fingerprint density at radius 2 is 1.17 bits per heavy atom. The minimum atomic E-state index is -1.19. The molecule has 2 heterocycles. The van der Waals surface area contributed by atoms with Gasteiger partial charge in [-0.3, -0.25) is 23.9 Å². The van der Waals surface area contributed by atoms with Crippen LogP contribution >= 0.6 is 0 Å². The SMILES string of the molecule is CCCCCCCCCCCC(C)C(=O)OC1[C@@H](CO)O[C@@H](n2ccc(=O)[nH]c2=O)[C@H]1OC(=O)C(C)CCCCCCCCCCC. The Bertz CT molecular complexity index is 1120. The van der Waals surface area contributed by atoms with Gasteiger partial charge in [-0.15, -0.1) is 0 Å². The number of hydrogen-bond acceptors (Lipinski definition) is 8. The summed E-state index contributed by atoms with van der Waals surface area (Å²) in [6.45, 7) is 7.54. The van der Waals surface area contributed by atoms with Crippen LogP contribution in [-0.4, -0.2) is 51.5 Å². The van der Waals surface area contributed by atoms with Crippen molar-refractivity contribution in [1.82, 2.24) is 9.55 Å². The number of nitrogens with one attached hydrogen (secondary N) is 1. The summed E-state index contributed by atoms with van der Waals surface area (Å²) in [4.78, 5) is 53.2. The predicted octanol–water partition coefficient (Wildman–Crippen LogP) is 7.36. The van der Waals surface area contributed by atoms with Crippen LogP contribution in [0.2, 0.25) is 0 Å². The smallest absolute Gasteiger partial charge is 0.330 e. The standard InChI is InChI=1S/C37H64N2O8/c1-5-7-9-11-13-15-17-19-21-23-28(3)35(42)46-32-30(27-40)45-34(39-26-25-31(41)38-37(39)44)33(32)47-36(43)29(4)24-22-20-18-16-14-12-10-8-6-2/h25-26,28-30,32-34,40H,5-24,27H2,1-4H3,(H,38,41,44)/t28?,29?,30-,32?,33+,34-/m1/s1. The Balaban J connectivity index is 1.98. The number of aromatic amines is 1. The molecule has 1 aromatic rings. The van der Waals surface area contributed by atoms with Gasteiger partial charge < -0.3 is 19.3 Å². The van der Waals surface area contributed by atoms with Crippen molar-refractivity contribution in [3.8, 4) is 0 Å². The molecule has 0 radical (unpaired) electrons. The van der Waals surface area contributed by atoms with Crippen molar-refractivity contribution in [2.75, 3.05) is 6.61 Å². The van der Waals surface area contributed by atoms with Crippen LogP contribution in [0.5, 0.6) is 0 Å². The Morgan fingerprint density at radius 3 is 1.60 bits per heavy atom. The summed E-state index contributed by atoms with van der Waals surface area (Å²) < 4.78 is 18.9.